The zero-order valence-corrected chi connectivity index (χ0v) is 17.4. The zero-order valence-electron chi connectivity index (χ0n) is 17.4. The molecule has 30 heavy (non-hydrogen) atoms. The summed E-state index contributed by atoms with van der Waals surface area (Å²) in [6.07, 6.45) is 9.52. The van der Waals surface area contributed by atoms with Crippen LogP contribution in [0.3, 0.4) is 0 Å². The number of rotatable bonds is 6. The van der Waals surface area contributed by atoms with Crippen LogP contribution in [0.2, 0.25) is 0 Å². The van der Waals surface area contributed by atoms with Gasteiger partial charge in [-0.05, 0) is 75.3 Å². The lowest BCUT2D eigenvalue weighted by Gasteiger charge is -2.56. The molecule has 0 radical (unpaired) electrons. The van der Waals surface area contributed by atoms with Crippen LogP contribution in [0.5, 0.6) is 0 Å². The summed E-state index contributed by atoms with van der Waals surface area (Å²) in [5.74, 6) is 2.93. The monoisotopic (exact) mass is 410 g/mol. The van der Waals surface area contributed by atoms with E-state index in [4.69, 9.17) is 0 Å². The lowest BCUT2D eigenvalue weighted by molar-refractivity contribution is -0.121. The van der Waals surface area contributed by atoms with Crippen molar-refractivity contribution < 1.29 is 9.59 Å². The SMILES string of the molecule is CC(NC(=O)CCNC(=O)NC12CC3CC(CC(C3)C1)C2)c1nnc2ccccn12. The minimum Gasteiger partial charge on any atom is -0.346 e. The van der Waals surface area contributed by atoms with Crippen molar-refractivity contribution in [2.45, 2.75) is 63.5 Å². The first kappa shape index (κ1) is 19.3. The van der Waals surface area contributed by atoms with Gasteiger partial charge in [-0.25, -0.2) is 4.79 Å². The van der Waals surface area contributed by atoms with E-state index < -0.39 is 0 Å². The number of pyridine rings is 1. The molecule has 1 unspecified atom stereocenters. The minimum atomic E-state index is -0.268. The van der Waals surface area contributed by atoms with Crippen LogP contribution in [-0.2, 0) is 4.79 Å². The van der Waals surface area contributed by atoms with E-state index in [0.29, 0.717) is 12.4 Å². The molecular formula is C22H30N6O2. The first-order valence-corrected chi connectivity index (χ1v) is 11.1. The van der Waals surface area contributed by atoms with E-state index in [-0.39, 0.29) is 29.9 Å². The van der Waals surface area contributed by atoms with Crippen molar-refractivity contribution in [1.82, 2.24) is 30.5 Å². The largest absolute Gasteiger partial charge is 0.346 e. The van der Waals surface area contributed by atoms with Gasteiger partial charge in [0, 0.05) is 24.7 Å². The third kappa shape index (κ3) is 3.75. The van der Waals surface area contributed by atoms with Crippen LogP contribution in [0.25, 0.3) is 5.65 Å². The van der Waals surface area contributed by atoms with Crippen LogP contribution >= 0.6 is 0 Å². The number of hydrogen-bond acceptors (Lipinski definition) is 4. The molecular weight excluding hydrogens is 380 g/mol. The number of fused-ring (bicyclic) bond motifs is 1. The molecule has 0 spiro atoms. The van der Waals surface area contributed by atoms with E-state index in [1.54, 1.807) is 0 Å². The van der Waals surface area contributed by atoms with Gasteiger partial charge in [-0.3, -0.25) is 9.20 Å². The van der Waals surface area contributed by atoms with Crippen LogP contribution in [0.4, 0.5) is 4.79 Å². The van der Waals surface area contributed by atoms with Gasteiger partial charge in [-0.1, -0.05) is 6.07 Å². The Hall–Kier alpha value is -2.64. The fraction of sp³-hybridized carbons (Fsp3) is 0.636. The van der Waals surface area contributed by atoms with Gasteiger partial charge in [-0.15, -0.1) is 10.2 Å². The number of aromatic nitrogens is 3. The van der Waals surface area contributed by atoms with Gasteiger partial charge in [0.2, 0.25) is 5.91 Å². The van der Waals surface area contributed by atoms with Crippen molar-refractivity contribution >= 4 is 17.6 Å². The standard InChI is InChI=1S/C22H30N6O2/c1-14(20-27-26-18-4-2-3-7-28(18)20)24-19(29)5-6-23-21(30)25-22-11-15-8-16(12-22)10-17(9-15)13-22/h2-4,7,14-17H,5-6,8-13H2,1H3,(H,24,29)(H2,23,25,30). The van der Waals surface area contributed by atoms with E-state index in [9.17, 15) is 9.59 Å². The summed E-state index contributed by atoms with van der Waals surface area (Å²) in [5, 5.41) is 17.4. The van der Waals surface area contributed by atoms with Gasteiger partial charge in [0.15, 0.2) is 11.5 Å². The maximum absolute atomic E-state index is 12.5. The molecule has 0 saturated heterocycles. The third-order valence-corrected chi connectivity index (χ3v) is 7.16. The average Bonchev–Trinajstić information content (AvgIpc) is 3.10. The molecule has 2 aromatic rings. The first-order chi connectivity index (χ1) is 14.5. The number of nitrogens with zero attached hydrogens (tertiary/aromatic N) is 3. The molecule has 3 N–H and O–H groups in total. The highest BCUT2D eigenvalue weighted by Crippen LogP contribution is 2.55. The molecule has 3 amide bonds. The summed E-state index contributed by atoms with van der Waals surface area (Å²) in [4.78, 5) is 24.8. The van der Waals surface area contributed by atoms with Gasteiger partial charge >= 0.3 is 6.03 Å². The van der Waals surface area contributed by atoms with Crippen LogP contribution < -0.4 is 16.0 Å². The second-order valence-corrected chi connectivity index (χ2v) is 9.61. The van der Waals surface area contributed by atoms with Gasteiger partial charge in [-0.2, -0.15) is 0 Å². The zero-order chi connectivity index (χ0) is 20.7. The summed E-state index contributed by atoms with van der Waals surface area (Å²) in [6.45, 7) is 2.20. The highest BCUT2D eigenvalue weighted by molar-refractivity contribution is 5.78. The maximum atomic E-state index is 12.5. The third-order valence-electron chi connectivity index (χ3n) is 7.16. The molecule has 6 rings (SSSR count). The van der Waals surface area contributed by atoms with Crippen molar-refractivity contribution in [3.63, 3.8) is 0 Å². The van der Waals surface area contributed by atoms with Gasteiger partial charge in [0.25, 0.3) is 0 Å². The van der Waals surface area contributed by atoms with E-state index in [1.165, 1.54) is 19.3 Å². The fourth-order valence-electron chi connectivity index (χ4n) is 6.37. The Morgan fingerprint density at radius 1 is 1.13 bits per heavy atom. The van der Waals surface area contributed by atoms with Crippen molar-refractivity contribution in [2.75, 3.05) is 6.54 Å². The van der Waals surface area contributed by atoms with E-state index in [2.05, 4.69) is 26.1 Å². The number of carbonyl (C=O) groups excluding carboxylic acids is 2. The molecule has 0 aromatic carbocycles. The predicted octanol–water partition coefficient (Wildman–Crippen LogP) is 2.56. The second kappa shape index (κ2) is 7.56. The molecule has 4 aliphatic rings. The highest BCUT2D eigenvalue weighted by Gasteiger charge is 2.51. The molecule has 8 nitrogen and oxygen atoms in total. The van der Waals surface area contributed by atoms with Gasteiger partial charge < -0.3 is 16.0 Å². The normalized spacial score (nSPS) is 30.2. The molecule has 160 valence electrons. The Bertz CT molecular complexity index is 919. The maximum Gasteiger partial charge on any atom is 0.315 e. The molecule has 4 saturated carbocycles. The minimum absolute atomic E-state index is 0.00959. The first-order valence-electron chi connectivity index (χ1n) is 11.1. The van der Waals surface area contributed by atoms with Crippen LogP contribution in [0, 0.1) is 17.8 Å². The number of urea groups is 1. The molecule has 2 aromatic heterocycles. The van der Waals surface area contributed by atoms with Crippen molar-refractivity contribution in [3.8, 4) is 0 Å². The molecule has 2 heterocycles. The number of nitrogens with one attached hydrogen (secondary N) is 3. The lowest BCUT2D eigenvalue weighted by Crippen LogP contribution is -2.61. The molecule has 4 fully saturated rings. The van der Waals surface area contributed by atoms with E-state index in [0.717, 1.165) is 42.7 Å². The van der Waals surface area contributed by atoms with Crippen molar-refractivity contribution in [3.05, 3.63) is 30.2 Å². The summed E-state index contributed by atoms with van der Waals surface area (Å²) in [5.41, 5.74) is 0.737. The summed E-state index contributed by atoms with van der Waals surface area (Å²) in [6, 6.07) is 5.27. The molecule has 1 atom stereocenters. The number of carbonyl (C=O) groups is 2. The van der Waals surface area contributed by atoms with Gasteiger partial charge in [0.05, 0.1) is 6.04 Å². The Morgan fingerprint density at radius 2 is 1.83 bits per heavy atom. The topological polar surface area (TPSA) is 100 Å². The van der Waals surface area contributed by atoms with Gasteiger partial charge in [0.1, 0.15) is 0 Å². The van der Waals surface area contributed by atoms with E-state index >= 15 is 0 Å². The van der Waals surface area contributed by atoms with Crippen LogP contribution in [0.1, 0.15) is 63.7 Å². The van der Waals surface area contributed by atoms with Crippen LogP contribution in [-0.4, -0.2) is 38.6 Å². The molecule has 4 aliphatic carbocycles. The number of amides is 3. The Labute approximate surface area is 176 Å². The second-order valence-electron chi connectivity index (χ2n) is 9.61. The summed E-state index contributed by atoms with van der Waals surface area (Å²) >= 11 is 0. The fourth-order valence-corrected chi connectivity index (χ4v) is 6.37. The molecule has 8 heteroatoms. The Kier molecular flexibility index (Phi) is 4.87. The number of hydrogen-bond donors (Lipinski definition) is 3. The Morgan fingerprint density at radius 3 is 2.53 bits per heavy atom. The van der Waals surface area contributed by atoms with Crippen molar-refractivity contribution in [2.24, 2.45) is 17.8 Å². The Balaban J connectivity index is 1.08. The predicted molar refractivity (Wildman–Crippen MR) is 112 cm³/mol. The molecule has 4 bridgehead atoms. The molecule has 0 aliphatic heterocycles. The summed E-state index contributed by atoms with van der Waals surface area (Å²) < 4.78 is 1.86. The van der Waals surface area contributed by atoms with Crippen molar-refractivity contribution in [1.29, 1.82) is 0 Å². The smallest absolute Gasteiger partial charge is 0.315 e. The lowest BCUT2D eigenvalue weighted by atomic mass is 9.53. The van der Waals surface area contributed by atoms with Crippen LogP contribution in [0.15, 0.2) is 24.4 Å². The average molecular weight is 411 g/mol. The highest BCUT2D eigenvalue weighted by atomic mass is 16.2. The quantitative estimate of drug-likeness (QED) is 0.681. The van der Waals surface area contributed by atoms with E-state index in [1.807, 2.05) is 35.7 Å². The summed E-state index contributed by atoms with van der Waals surface area (Å²) in [7, 11) is 0.